The Morgan fingerprint density at radius 1 is 1.31 bits per heavy atom. The summed E-state index contributed by atoms with van der Waals surface area (Å²) < 4.78 is 28.3. The SMILES string of the molecule is CC12C3CC1(CNCCC#N)c1nnc(-c4c(F)cccc4F)cc1C32. The van der Waals surface area contributed by atoms with Gasteiger partial charge in [-0.3, -0.25) is 0 Å². The summed E-state index contributed by atoms with van der Waals surface area (Å²) in [4.78, 5) is 0. The quantitative estimate of drug-likeness (QED) is 0.839. The van der Waals surface area contributed by atoms with E-state index < -0.39 is 11.6 Å². The molecule has 0 amide bonds. The van der Waals surface area contributed by atoms with Crippen LogP contribution in [0.25, 0.3) is 11.3 Å². The Morgan fingerprint density at radius 2 is 2.08 bits per heavy atom. The van der Waals surface area contributed by atoms with Gasteiger partial charge in [-0.25, -0.2) is 8.78 Å². The molecule has 2 saturated carbocycles. The average molecular weight is 352 g/mol. The fourth-order valence-electron chi connectivity index (χ4n) is 5.61. The van der Waals surface area contributed by atoms with Crippen molar-refractivity contribution in [3.05, 3.63) is 47.2 Å². The Morgan fingerprint density at radius 3 is 2.81 bits per heavy atom. The number of nitrogens with one attached hydrogen (secondary N) is 1. The summed E-state index contributed by atoms with van der Waals surface area (Å²) in [6, 6.07) is 7.82. The molecule has 2 fully saturated rings. The van der Waals surface area contributed by atoms with Crippen molar-refractivity contribution in [2.75, 3.05) is 13.1 Å². The van der Waals surface area contributed by atoms with Crippen LogP contribution in [0.4, 0.5) is 8.78 Å². The highest BCUT2D eigenvalue weighted by atomic mass is 19.1. The summed E-state index contributed by atoms with van der Waals surface area (Å²) in [7, 11) is 0. The number of rotatable bonds is 5. The van der Waals surface area contributed by atoms with E-state index >= 15 is 0 Å². The maximum Gasteiger partial charge on any atom is 0.135 e. The standard InChI is InChI=1S/C20H18F2N4/c1-19-12-9-20(19,10-24-7-3-6-23)18-11(17(12)19)8-15(25-26-18)16-13(21)4-2-5-14(16)22/h2,4-5,8,12,17,24H,3,7,9-10H2,1H3. The Hall–Kier alpha value is -2.39. The van der Waals surface area contributed by atoms with Gasteiger partial charge in [0.05, 0.1) is 23.0 Å². The molecular weight excluding hydrogens is 334 g/mol. The predicted octanol–water partition coefficient (Wildman–Crippen LogP) is 3.30. The molecule has 0 spiro atoms. The molecule has 4 atom stereocenters. The molecule has 1 heterocycles. The van der Waals surface area contributed by atoms with Gasteiger partial charge >= 0.3 is 0 Å². The second-order valence-electron chi connectivity index (χ2n) is 7.87. The van der Waals surface area contributed by atoms with Crippen LogP contribution >= 0.6 is 0 Å². The third-order valence-corrected chi connectivity index (χ3v) is 6.98. The van der Waals surface area contributed by atoms with Crippen LogP contribution in [0.3, 0.4) is 0 Å². The van der Waals surface area contributed by atoms with Gasteiger partial charge in [0, 0.05) is 24.9 Å². The summed E-state index contributed by atoms with van der Waals surface area (Å²) >= 11 is 0. The van der Waals surface area contributed by atoms with Crippen molar-refractivity contribution < 1.29 is 8.78 Å². The third kappa shape index (κ3) is 1.69. The second-order valence-corrected chi connectivity index (χ2v) is 7.87. The van der Waals surface area contributed by atoms with Crippen LogP contribution in [0.2, 0.25) is 0 Å². The second kappa shape index (κ2) is 5.08. The molecule has 132 valence electrons. The van der Waals surface area contributed by atoms with E-state index in [0.29, 0.717) is 24.8 Å². The van der Waals surface area contributed by atoms with Gasteiger partial charge in [-0.1, -0.05) is 13.0 Å². The van der Waals surface area contributed by atoms with Crippen LogP contribution < -0.4 is 5.32 Å². The molecule has 1 N–H and O–H groups in total. The third-order valence-electron chi connectivity index (χ3n) is 6.98. The zero-order valence-corrected chi connectivity index (χ0v) is 14.4. The molecule has 0 saturated heterocycles. The molecule has 3 aliphatic carbocycles. The van der Waals surface area contributed by atoms with Crippen LogP contribution in [0, 0.1) is 34.3 Å². The highest BCUT2D eigenvalue weighted by Crippen LogP contribution is 2.88. The summed E-state index contributed by atoms with van der Waals surface area (Å²) in [5.74, 6) is -0.211. The van der Waals surface area contributed by atoms with Gasteiger partial charge in [0.25, 0.3) is 0 Å². The lowest BCUT2D eigenvalue weighted by Crippen LogP contribution is -2.52. The van der Waals surface area contributed by atoms with Gasteiger partial charge in [-0.2, -0.15) is 15.5 Å². The molecule has 0 radical (unpaired) electrons. The monoisotopic (exact) mass is 352 g/mol. The topological polar surface area (TPSA) is 61.6 Å². The van der Waals surface area contributed by atoms with Crippen LogP contribution in [-0.4, -0.2) is 23.3 Å². The van der Waals surface area contributed by atoms with Crippen LogP contribution in [0.15, 0.2) is 24.3 Å². The predicted molar refractivity (Wildman–Crippen MR) is 91.1 cm³/mol. The van der Waals surface area contributed by atoms with Crippen molar-refractivity contribution in [2.24, 2.45) is 11.3 Å². The van der Waals surface area contributed by atoms with Crippen LogP contribution in [-0.2, 0) is 5.41 Å². The maximum atomic E-state index is 14.1. The first-order chi connectivity index (χ1) is 12.5. The van der Waals surface area contributed by atoms with Gasteiger partial charge in [-0.05, 0) is 47.4 Å². The first-order valence-electron chi connectivity index (χ1n) is 8.95. The molecule has 1 aromatic heterocycles. The molecule has 2 aromatic rings. The highest BCUT2D eigenvalue weighted by molar-refractivity contribution is 5.66. The van der Waals surface area contributed by atoms with Crippen molar-refractivity contribution in [1.82, 2.24) is 15.5 Å². The van der Waals surface area contributed by atoms with Crippen LogP contribution in [0.1, 0.15) is 36.9 Å². The Balaban J connectivity index is 1.53. The number of nitriles is 1. The Kier molecular flexibility index (Phi) is 3.09. The fraction of sp³-hybridized carbons (Fsp3) is 0.450. The van der Waals surface area contributed by atoms with E-state index in [9.17, 15) is 8.78 Å². The van der Waals surface area contributed by atoms with Gasteiger partial charge < -0.3 is 5.32 Å². The zero-order chi connectivity index (χ0) is 18.1. The van der Waals surface area contributed by atoms with E-state index in [1.165, 1.54) is 18.2 Å². The molecule has 4 unspecified atom stereocenters. The first kappa shape index (κ1) is 15.8. The highest BCUT2D eigenvalue weighted by Gasteiger charge is 2.85. The van der Waals surface area contributed by atoms with E-state index in [4.69, 9.17) is 5.26 Å². The van der Waals surface area contributed by atoms with Crippen molar-refractivity contribution >= 4 is 0 Å². The summed E-state index contributed by atoms with van der Waals surface area (Å²) in [5.41, 5.74) is 2.33. The lowest BCUT2D eigenvalue weighted by molar-refractivity contribution is 0.117. The molecule has 6 heteroatoms. The number of aromatic nitrogens is 2. The lowest BCUT2D eigenvalue weighted by atomic mass is 9.59. The number of fused-ring (bicyclic) bond motifs is 4. The number of hydrogen-bond acceptors (Lipinski definition) is 4. The minimum atomic E-state index is -0.617. The van der Waals surface area contributed by atoms with Gasteiger partial charge in [0.2, 0.25) is 0 Å². The van der Waals surface area contributed by atoms with E-state index in [0.717, 1.165) is 24.2 Å². The minimum absolute atomic E-state index is 0.0631. The molecule has 3 aliphatic rings. The minimum Gasteiger partial charge on any atom is -0.315 e. The first-order valence-corrected chi connectivity index (χ1v) is 8.95. The van der Waals surface area contributed by atoms with E-state index in [1.54, 1.807) is 0 Å². The zero-order valence-electron chi connectivity index (χ0n) is 14.4. The van der Waals surface area contributed by atoms with Crippen LogP contribution in [0.5, 0.6) is 0 Å². The Bertz CT molecular complexity index is 949. The molecule has 0 bridgehead atoms. The number of halogens is 2. The Labute approximate surface area is 150 Å². The van der Waals surface area contributed by atoms with Crippen molar-refractivity contribution in [1.29, 1.82) is 5.26 Å². The molecular formula is C20H18F2N4. The van der Waals surface area contributed by atoms with Gasteiger partial charge in [0.15, 0.2) is 0 Å². The smallest absolute Gasteiger partial charge is 0.135 e. The molecule has 5 rings (SSSR count). The molecule has 26 heavy (non-hydrogen) atoms. The van der Waals surface area contributed by atoms with Gasteiger partial charge in [-0.15, -0.1) is 0 Å². The van der Waals surface area contributed by atoms with E-state index in [-0.39, 0.29) is 22.1 Å². The maximum absolute atomic E-state index is 14.1. The van der Waals surface area contributed by atoms with Crippen molar-refractivity contribution in [2.45, 2.75) is 31.1 Å². The van der Waals surface area contributed by atoms with Crippen molar-refractivity contribution in [3.63, 3.8) is 0 Å². The number of hydrogen-bond donors (Lipinski definition) is 1. The van der Waals surface area contributed by atoms with E-state index in [2.05, 4.69) is 28.5 Å². The van der Waals surface area contributed by atoms with Crippen molar-refractivity contribution in [3.8, 4) is 17.3 Å². The van der Waals surface area contributed by atoms with E-state index in [1.807, 2.05) is 6.07 Å². The number of nitrogens with zero attached hydrogens (tertiary/aromatic N) is 3. The summed E-state index contributed by atoms with van der Waals surface area (Å²) in [5, 5.41) is 20.7. The fourth-order valence-corrected chi connectivity index (χ4v) is 5.61. The average Bonchev–Trinajstić information content (AvgIpc) is 3.07. The molecule has 4 nitrogen and oxygen atoms in total. The van der Waals surface area contributed by atoms with Gasteiger partial charge in [0.1, 0.15) is 11.6 Å². The molecule has 0 aliphatic heterocycles. The largest absolute Gasteiger partial charge is 0.315 e. The number of benzene rings is 1. The summed E-state index contributed by atoms with van der Waals surface area (Å²) in [6.45, 7) is 3.71. The summed E-state index contributed by atoms with van der Waals surface area (Å²) in [6.07, 6.45) is 1.55. The normalized spacial score (nSPS) is 32.4. The molecule has 1 aromatic carbocycles. The lowest BCUT2D eigenvalue weighted by Gasteiger charge is -2.46.